The van der Waals surface area contributed by atoms with Gasteiger partial charge in [0.05, 0.1) is 6.33 Å². The lowest BCUT2D eigenvalue weighted by molar-refractivity contribution is 0.640. The van der Waals surface area contributed by atoms with E-state index in [1.807, 2.05) is 7.05 Å². The van der Waals surface area contributed by atoms with Gasteiger partial charge in [-0.1, -0.05) is 12.8 Å². The fourth-order valence-corrected chi connectivity index (χ4v) is 2.20. The Kier molecular flexibility index (Phi) is 2.77. The van der Waals surface area contributed by atoms with Crippen molar-refractivity contribution < 1.29 is 0 Å². The maximum Gasteiger partial charge on any atom is 0.226 e. The Morgan fingerprint density at radius 1 is 1.44 bits per heavy atom. The van der Waals surface area contributed by atoms with Crippen molar-refractivity contribution in [2.24, 2.45) is 5.92 Å². The third-order valence-corrected chi connectivity index (χ3v) is 3.28. The first-order valence-electron chi connectivity index (χ1n) is 6.41. The molecule has 1 aliphatic carbocycles. The van der Waals surface area contributed by atoms with Crippen molar-refractivity contribution in [3.63, 3.8) is 0 Å². The van der Waals surface area contributed by atoms with Gasteiger partial charge in [-0.05, 0) is 19.3 Å². The molecule has 1 atom stereocenters. The number of aromatic nitrogens is 4. The summed E-state index contributed by atoms with van der Waals surface area (Å²) in [7, 11) is 1.81. The Bertz CT molecular complexity index is 544. The maximum atomic E-state index is 4.45. The highest BCUT2D eigenvalue weighted by Crippen LogP contribution is 2.34. The molecule has 0 saturated heterocycles. The van der Waals surface area contributed by atoms with Crippen LogP contribution in [0.5, 0.6) is 0 Å². The molecule has 1 unspecified atom stereocenters. The van der Waals surface area contributed by atoms with Crippen LogP contribution >= 0.6 is 0 Å². The lowest BCUT2D eigenvalue weighted by Crippen LogP contribution is -2.17. The molecule has 3 rings (SSSR count). The molecule has 2 aromatic rings. The Morgan fingerprint density at radius 3 is 3.00 bits per heavy atom. The van der Waals surface area contributed by atoms with E-state index in [2.05, 4.69) is 37.5 Å². The molecule has 18 heavy (non-hydrogen) atoms. The van der Waals surface area contributed by atoms with Gasteiger partial charge in [-0.25, -0.2) is 4.98 Å². The Morgan fingerprint density at radius 2 is 2.28 bits per heavy atom. The van der Waals surface area contributed by atoms with E-state index in [1.165, 1.54) is 19.3 Å². The molecule has 1 aliphatic rings. The van der Waals surface area contributed by atoms with Crippen LogP contribution in [0.25, 0.3) is 11.2 Å². The van der Waals surface area contributed by atoms with E-state index in [-0.39, 0.29) is 0 Å². The van der Waals surface area contributed by atoms with Gasteiger partial charge >= 0.3 is 0 Å². The second-order valence-electron chi connectivity index (χ2n) is 4.97. The average Bonchev–Trinajstić information content (AvgIpc) is 3.03. The van der Waals surface area contributed by atoms with Gasteiger partial charge in [0.15, 0.2) is 11.5 Å². The van der Waals surface area contributed by atoms with E-state index < -0.39 is 0 Å². The number of imidazole rings is 1. The van der Waals surface area contributed by atoms with Gasteiger partial charge < -0.3 is 15.6 Å². The molecule has 3 N–H and O–H groups in total. The molecule has 96 valence electrons. The number of H-pyrrole nitrogens is 1. The smallest absolute Gasteiger partial charge is 0.226 e. The minimum absolute atomic E-state index is 0.420. The number of fused-ring (bicyclic) bond motifs is 1. The van der Waals surface area contributed by atoms with Gasteiger partial charge in [-0.15, -0.1) is 0 Å². The zero-order valence-electron chi connectivity index (χ0n) is 10.7. The minimum atomic E-state index is 0.420. The second kappa shape index (κ2) is 4.44. The third-order valence-electron chi connectivity index (χ3n) is 3.28. The maximum absolute atomic E-state index is 4.45. The van der Waals surface area contributed by atoms with Gasteiger partial charge in [0, 0.05) is 13.1 Å². The topological polar surface area (TPSA) is 78.5 Å². The third kappa shape index (κ3) is 2.23. The molecule has 1 saturated carbocycles. The molecule has 0 aliphatic heterocycles. The lowest BCUT2D eigenvalue weighted by Gasteiger charge is -2.14. The highest BCUT2D eigenvalue weighted by atomic mass is 15.2. The first kappa shape index (κ1) is 11.3. The van der Waals surface area contributed by atoms with Gasteiger partial charge in [0.2, 0.25) is 5.95 Å². The predicted octanol–water partition coefficient (Wildman–Crippen LogP) is 2.00. The fraction of sp³-hybridized carbons (Fsp3) is 0.583. The monoisotopic (exact) mass is 246 g/mol. The number of hydrogen-bond acceptors (Lipinski definition) is 5. The van der Waals surface area contributed by atoms with E-state index >= 15 is 0 Å². The van der Waals surface area contributed by atoms with E-state index in [9.17, 15) is 0 Å². The van der Waals surface area contributed by atoms with Crippen LogP contribution in [0, 0.1) is 5.92 Å². The molecule has 0 amide bonds. The summed E-state index contributed by atoms with van der Waals surface area (Å²) in [5.74, 6) is 2.32. The summed E-state index contributed by atoms with van der Waals surface area (Å²) in [6.07, 6.45) is 5.60. The van der Waals surface area contributed by atoms with Crippen LogP contribution in [0.1, 0.15) is 26.2 Å². The van der Waals surface area contributed by atoms with Crippen molar-refractivity contribution in [1.29, 1.82) is 0 Å². The zero-order chi connectivity index (χ0) is 12.5. The van der Waals surface area contributed by atoms with Gasteiger partial charge in [0.1, 0.15) is 5.52 Å². The number of anilines is 2. The standard InChI is InChI=1S/C12H18N6/c1-7(5-8-3-4-8)16-11-9-10(15-6-14-9)17-12(13-2)18-11/h6-8H,3-5H2,1-2H3,(H3,13,14,15,16,17,18). The Hall–Kier alpha value is -1.85. The van der Waals surface area contributed by atoms with Crippen molar-refractivity contribution in [1.82, 2.24) is 19.9 Å². The molecule has 2 aromatic heterocycles. The number of aromatic amines is 1. The summed E-state index contributed by atoms with van der Waals surface area (Å²) in [6.45, 7) is 2.20. The van der Waals surface area contributed by atoms with Crippen molar-refractivity contribution in [3.05, 3.63) is 6.33 Å². The predicted molar refractivity (Wildman–Crippen MR) is 71.7 cm³/mol. The zero-order valence-corrected chi connectivity index (χ0v) is 10.7. The summed E-state index contributed by atoms with van der Waals surface area (Å²) in [5, 5.41) is 6.41. The molecule has 2 heterocycles. The highest BCUT2D eigenvalue weighted by molar-refractivity contribution is 5.83. The van der Waals surface area contributed by atoms with E-state index in [4.69, 9.17) is 0 Å². The van der Waals surface area contributed by atoms with Crippen molar-refractivity contribution in [2.45, 2.75) is 32.2 Å². The summed E-state index contributed by atoms with van der Waals surface area (Å²) >= 11 is 0. The summed E-state index contributed by atoms with van der Waals surface area (Å²) in [6, 6.07) is 0.420. The summed E-state index contributed by atoms with van der Waals surface area (Å²) in [5.41, 5.74) is 1.56. The summed E-state index contributed by atoms with van der Waals surface area (Å²) < 4.78 is 0. The van der Waals surface area contributed by atoms with Crippen LogP contribution in [0.4, 0.5) is 11.8 Å². The van der Waals surface area contributed by atoms with E-state index in [1.54, 1.807) is 6.33 Å². The minimum Gasteiger partial charge on any atom is -0.366 e. The molecule has 0 radical (unpaired) electrons. The molecule has 0 bridgehead atoms. The molecular weight excluding hydrogens is 228 g/mol. The van der Waals surface area contributed by atoms with Gasteiger partial charge in [0.25, 0.3) is 0 Å². The Labute approximate surface area is 106 Å². The number of nitrogens with one attached hydrogen (secondary N) is 3. The van der Waals surface area contributed by atoms with Crippen molar-refractivity contribution >= 4 is 22.9 Å². The molecular formula is C12H18N6. The molecule has 6 nitrogen and oxygen atoms in total. The van der Waals surface area contributed by atoms with E-state index in [0.717, 1.165) is 17.3 Å². The largest absolute Gasteiger partial charge is 0.366 e. The Balaban J connectivity index is 1.86. The normalized spacial score (nSPS) is 16.8. The SMILES string of the molecule is CNc1nc(NC(C)CC2CC2)c2[nH]cnc2n1. The molecule has 0 aromatic carbocycles. The van der Waals surface area contributed by atoms with Crippen LogP contribution in [0.3, 0.4) is 0 Å². The molecule has 1 fully saturated rings. The number of rotatable bonds is 5. The second-order valence-corrected chi connectivity index (χ2v) is 4.97. The quantitative estimate of drug-likeness (QED) is 0.752. The first-order chi connectivity index (χ1) is 8.76. The van der Waals surface area contributed by atoms with Crippen LogP contribution in [0.15, 0.2) is 6.33 Å². The van der Waals surface area contributed by atoms with Crippen LogP contribution in [-0.2, 0) is 0 Å². The molecule has 0 spiro atoms. The summed E-state index contributed by atoms with van der Waals surface area (Å²) in [4.78, 5) is 16.0. The highest BCUT2D eigenvalue weighted by Gasteiger charge is 2.24. The first-order valence-corrected chi connectivity index (χ1v) is 6.41. The van der Waals surface area contributed by atoms with Crippen LogP contribution in [0.2, 0.25) is 0 Å². The number of hydrogen-bond donors (Lipinski definition) is 3. The average molecular weight is 246 g/mol. The lowest BCUT2D eigenvalue weighted by atomic mass is 10.1. The fourth-order valence-electron chi connectivity index (χ4n) is 2.20. The van der Waals surface area contributed by atoms with Crippen molar-refractivity contribution in [3.8, 4) is 0 Å². The van der Waals surface area contributed by atoms with Gasteiger partial charge in [-0.2, -0.15) is 9.97 Å². The van der Waals surface area contributed by atoms with Gasteiger partial charge in [-0.3, -0.25) is 0 Å². The van der Waals surface area contributed by atoms with E-state index in [0.29, 0.717) is 17.6 Å². The number of nitrogens with zero attached hydrogens (tertiary/aromatic N) is 3. The van der Waals surface area contributed by atoms with Crippen LogP contribution < -0.4 is 10.6 Å². The van der Waals surface area contributed by atoms with Crippen molar-refractivity contribution in [2.75, 3.05) is 17.7 Å². The molecule has 6 heteroatoms. The van der Waals surface area contributed by atoms with Crippen LogP contribution in [-0.4, -0.2) is 33.0 Å².